The molecule has 106 valence electrons. The van der Waals surface area contributed by atoms with Gasteiger partial charge in [-0.15, -0.1) is 0 Å². The summed E-state index contributed by atoms with van der Waals surface area (Å²) in [4.78, 5) is 2.71. The average molecular weight is 252 g/mol. The quantitative estimate of drug-likeness (QED) is 0.781. The molecule has 0 bridgehead atoms. The van der Waals surface area contributed by atoms with E-state index in [2.05, 4.69) is 24.1 Å². The van der Waals surface area contributed by atoms with E-state index in [1.165, 1.54) is 64.7 Å². The highest BCUT2D eigenvalue weighted by Crippen LogP contribution is 2.31. The third-order valence-corrected chi connectivity index (χ3v) is 4.95. The highest BCUT2D eigenvalue weighted by molar-refractivity contribution is 4.78. The van der Waals surface area contributed by atoms with E-state index in [0.29, 0.717) is 0 Å². The van der Waals surface area contributed by atoms with Crippen molar-refractivity contribution in [3.8, 4) is 0 Å². The van der Waals surface area contributed by atoms with E-state index in [4.69, 9.17) is 0 Å². The van der Waals surface area contributed by atoms with Gasteiger partial charge in [-0.3, -0.25) is 0 Å². The summed E-state index contributed by atoms with van der Waals surface area (Å²) in [7, 11) is 0. The summed E-state index contributed by atoms with van der Waals surface area (Å²) in [6.45, 7) is 11.0. The molecule has 18 heavy (non-hydrogen) atoms. The summed E-state index contributed by atoms with van der Waals surface area (Å²) in [6.07, 6.45) is 8.82. The fourth-order valence-electron chi connectivity index (χ4n) is 3.82. The molecule has 0 amide bonds. The highest BCUT2D eigenvalue weighted by Gasteiger charge is 2.24. The molecule has 0 aromatic carbocycles. The van der Waals surface area contributed by atoms with E-state index >= 15 is 0 Å². The minimum absolute atomic E-state index is 0.912. The number of rotatable bonds is 6. The number of likely N-dealkylation sites (tertiary alicyclic amines) is 1. The molecule has 2 nitrogen and oxygen atoms in total. The minimum Gasteiger partial charge on any atom is -0.317 e. The van der Waals surface area contributed by atoms with Crippen LogP contribution >= 0.6 is 0 Å². The molecule has 3 atom stereocenters. The van der Waals surface area contributed by atoms with Crippen LogP contribution in [0.4, 0.5) is 0 Å². The standard InChI is InChI=1S/C16H32N2/c1-3-17-12-16-8-10-18(13-16)9-7-15-6-4-5-14(2)11-15/h14-17H,3-13H2,1-2H3. The van der Waals surface area contributed by atoms with Crippen LogP contribution in [0.15, 0.2) is 0 Å². The van der Waals surface area contributed by atoms with Gasteiger partial charge in [0, 0.05) is 6.54 Å². The van der Waals surface area contributed by atoms with Crippen molar-refractivity contribution in [2.24, 2.45) is 17.8 Å². The molecule has 2 fully saturated rings. The van der Waals surface area contributed by atoms with E-state index in [0.717, 1.165) is 24.3 Å². The van der Waals surface area contributed by atoms with Gasteiger partial charge in [-0.2, -0.15) is 0 Å². The molecule has 3 unspecified atom stereocenters. The van der Waals surface area contributed by atoms with Gasteiger partial charge < -0.3 is 10.2 Å². The molecule has 1 saturated carbocycles. The van der Waals surface area contributed by atoms with Gasteiger partial charge >= 0.3 is 0 Å². The molecule has 1 heterocycles. The zero-order valence-electron chi connectivity index (χ0n) is 12.5. The molecule has 2 heteroatoms. The Bertz CT molecular complexity index is 229. The second-order valence-corrected chi connectivity index (χ2v) is 6.69. The predicted octanol–water partition coefficient (Wildman–Crippen LogP) is 3.13. The lowest BCUT2D eigenvalue weighted by Gasteiger charge is -2.28. The highest BCUT2D eigenvalue weighted by atomic mass is 15.1. The van der Waals surface area contributed by atoms with Crippen molar-refractivity contribution in [2.75, 3.05) is 32.7 Å². The number of nitrogens with zero attached hydrogens (tertiary/aromatic N) is 1. The Morgan fingerprint density at radius 1 is 1.17 bits per heavy atom. The zero-order chi connectivity index (χ0) is 12.8. The molecule has 2 aliphatic rings. The van der Waals surface area contributed by atoms with Crippen LogP contribution in [0.25, 0.3) is 0 Å². The maximum Gasteiger partial charge on any atom is 0.00223 e. The first-order valence-corrected chi connectivity index (χ1v) is 8.21. The molecule has 1 N–H and O–H groups in total. The van der Waals surface area contributed by atoms with E-state index in [1.807, 2.05) is 0 Å². The topological polar surface area (TPSA) is 15.3 Å². The molecule has 1 aliphatic heterocycles. The molecular weight excluding hydrogens is 220 g/mol. The summed E-state index contributed by atoms with van der Waals surface area (Å²) in [5.74, 6) is 2.93. The lowest BCUT2D eigenvalue weighted by Crippen LogP contribution is -2.28. The van der Waals surface area contributed by atoms with Crippen LogP contribution in [0.2, 0.25) is 0 Å². The first-order chi connectivity index (χ1) is 8.78. The molecule has 0 aromatic rings. The summed E-state index contributed by atoms with van der Waals surface area (Å²) < 4.78 is 0. The first-order valence-electron chi connectivity index (χ1n) is 8.21. The third-order valence-electron chi connectivity index (χ3n) is 4.95. The Morgan fingerprint density at radius 3 is 2.83 bits per heavy atom. The van der Waals surface area contributed by atoms with Crippen molar-refractivity contribution in [3.05, 3.63) is 0 Å². The van der Waals surface area contributed by atoms with Crippen LogP contribution in [0.1, 0.15) is 52.4 Å². The Morgan fingerprint density at radius 2 is 2.06 bits per heavy atom. The second-order valence-electron chi connectivity index (χ2n) is 6.69. The van der Waals surface area contributed by atoms with Crippen LogP contribution in [0.5, 0.6) is 0 Å². The van der Waals surface area contributed by atoms with Gasteiger partial charge in [-0.1, -0.05) is 33.1 Å². The smallest absolute Gasteiger partial charge is 0.00223 e. The normalized spacial score (nSPS) is 34.0. The summed E-state index contributed by atoms with van der Waals surface area (Å²) >= 11 is 0. The summed E-state index contributed by atoms with van der Waals surface area (Å²) in [5.41, 5.74) is 0. The number of hydrogen-bond donors (Lipinski definition) is 1. The van der Waals surface area contributed by atoms with Gasteiger partial charge in [0.25, 0.3) is 0 Å². The van der Waals surface area contributed by atoms with E-state index in [1.54, 1.807) is 0 Å². The van der Waals surface area contributed by atoms with Gasteiger partial charge in [0.05, 0.1) is 0 Å². The maximum atomic E-state index is 3.50. The lowest BCUT2D eigenvalue weighted by atomic mass is 9.81. The van der Waals surface area contributed by atoms with E-state index < -0.39 is 0 Å². The Labute approximate surface area is 114 Å². The predicted molar refractivity (Wildman–Crippen MR) is 78.8 cm³/mol. The number of nitrogens with one attached hydrogen (secondary N) is 1. The number of hydrogen-bond acceptors (Lipinski definition) is 2. The van der Waals surface area contributed by atoms with Gasteiger partial charge in [-0.05, 0) is 63.2 Å². The molecule has 0 radical (unpaired) electrons. The Kier molecular flexibility index (Phi) is 5.97. The van der Waals surface area contributed by atoms with Crippen LogP contribution in [0, 0.1) is 17.8 Å². The molecule has 0 aromatic heterocycles. The lowest BCUT2D eigenvalue weighted by molar-refractivity contribution is 0.229. The molecule has 0 spiro atoms. The van der Waals surface area contributed by atoms with Gasteiger partial charge in [-0.25, -0.2) is 0 Å². The summed E-state index contributed by atoms with van der Waals surface area (Å²) in [6, 6.07) is 0. The van der Waals surface area contributed by atoms with Gasteiger partial charge in [0.2, 0.25) is 0 Å². The largest absolute Gasteiger partial charge is 0.317 e. The second kappa shape index (κ2) is 7.49. The zero-order valence-corrected chi connectivity index (χ0v) is 12.5. The average Bonchev–Trinajstić information content (AvgIpc) is 2.82. The minimum atomic E-state index is 0.912. The fraction of sp³-hybridized carbons (Fsp3) is 1.00. The fourth-order valence-corrected chi connectivity index (χ4v) is 3.82. The van der Waals surface area contributed by atoms with Crippen molar-refractivity contribution in [1.82, 2.24) is 10.2 Å². The molecule has 1 aliphatic carbocycles. The van der Waals surface area contributed by atoms with Crippen molar-refractivity contribution < 1.29 is 0 Å². The Hall–Kier alpha value is -0.0800. The van der Waals surface area contributed by atoms with Crippen LogP contribution in [0.3, 0.4) is 0 Å². The molecule has 1 saturated heterocycles. The summed E-state index contributed by atoms with van der Waals surface area (Å²) in [5, 5.41) is 3.50. The van der Waals surface area contributed by atoms with Crippen molar-refractivity contribution in [2.45, 2.75) is 52.4 Å². The van der Waals surface area contributed by atoms with Crippen molar-refractivity contribution in [3.63, 3.8) is 0 Å². The van der Waals surface area contributed by atoms with Crippen molar-refractivity contribution in [1.29, 1.82) is 0 Å². The van der Waals surface area contributed by atoms with Crippen LogP contribution in [-0.2, 0) is 0 Å². The maximum absolute atomic E-state index is 3.50. The molecular formula is C16H32N2. The van der Waals surface area contributed by atoms with Crippen molar-refractivity contribution >= 4 is 0 Å². The Balaban J connectivity index is 1.59. The van der Waals surface area contributed by atoms with E-state index in [9.17, 15) is 0 Å². The van der Waals surface area contributed by atoms with Gasteiger partial charge in [0.15, 0.2) is 0 Å². The SMILES string of the molecule is CCNCC1CCN(CCC2CCCC(C)C2)C1. The monoisotopic (exact) mass is 252 g/mol. The van der Waals surface area contributed by atoms with Gasteiger partial charge in [0.1, 0.15) is 0 Å². The van der Waals surface area contributed by atoms with Crippen LogP contribution < -0.4 is 5.32 Å². The van der Waals surface area contributed by atoms with Crippen LogP contribution in [-0.4, -0.2) is 37.6 Å². The molecule has 2 rings (SSSR count). The first kappa shape index (κ1) is 14.3. The third kappa shape index (κ3) is 4.55. The van der Waals surface area contributed by atoms with E-state index in [-0.39, 0.29) is 0 Å².